The second kappa shape index (κ2) is 8.81. The van der Waals surface area contributed by atoms with E-state index in [1.807, 2.05) is 0 Å². The summed E-state index contributed by atoms with van der Waals surface area (Å²) < 4.78 is 55.0. The number of nitrogens with zero attached hydrogens (tertiary/aromatic N) is 2. The average molecular weight is 479 g/mol. The number of sulfone groups is 1. The Balaban J connectivity index is 1.66. The Kier molecular flexibility index (Phi) is 6.75. The van der Waals surface area contributed by atoms with Crippen LogP contribution in [0.3, 0.4) is 0 Å². The van der Waals surface area contributed by atoms with Gasteiger partial charge in [0.2, 0.25) is 10.0 Å². The van der Waals surface area contributed by atoms with E-state index in [1.54, 1.807) is 0 Å². The first-order chi connectivity index (χ1) is 14.0. The highest BCUT2D eigenvalue weighted by atomic mass is 35.5. The van der Waals surface area contributed by atoms with E-state index in [2.05, 4.69) is 0 Å². The molecule has 2 aliphatic rings. The predicted molar refractivity (Wildman–Crippen MR) is 110 cm³/mol. The van der Waals surface area contributed by atoms with E-state index < -0.39 is 44.4 Å². The maximum Gasteiger partial charge on any atom is 0.338 e. The van der Waals surface area contributed by atoms with Crippen LogP contribution in [0.2, 0.25) is 5.02 Å². The van der Waals surface area contributed by atoms with Gasteiger partial charge in [0.05, 0.1) is 22.1 Å². The fourth-order valence-electron chi connectivity index (χ4n) is 3.49. The molecular formula is C18H23ClN2O7S2. The lowest BCUT2D eigenvalue weighted by atomic mass is 10.2. The van der Waals surface area contributed by atoms with Gasteiger partial charge in [-0.25, -0.2) is 21.6 Å². The van der Waals surface area contributed by atoms with Gasteiger partial charge in [-0.15, -0.1) is 0 Å². The second-order valence-corrected chi connectivity index (χ2v) is 11.9. The predicted octanol–water partition coefficient (Wildman–Crippen LogP) is 0.927. The molecule has 0 N–H and O–H groups in total. The van der Waals surface area contributed by atoms with Gasteiger partial charge in [-0.2, -0.15) is 4.31 Å². The number of halogens is 1. The summed E-state index contributed by atoms with van der Waals surface area (Å²) in [5.41, 5.74) is -0.0453. The van der Waals surface area contributed by atoms with Crippen LogP contribution in [0, 0.1) is 0 Å². The van der Waals surface area contributed by atoms with Crippen LogP contribution in [0.1, 0.15) is 29.6 Å². The molecule has 3 rings (SSSR count). The van der Waals surface area contributed by atoms with Gasteiger partial charge < -0.3 is 9.64 Å². The molecular weight excluding hydrogens is 456 g/mol. The van der Waals surface area contributed by atoms with E-state index in [9.17, 15) is 26.4 Å². The summed E-state index contributed by atoms with van der Waals surface area (Å²) in [6, 6.07) is 3.33. The van der Waals surface area contributed by atoms with E-state index in [1.165, 1.54) is 28.4 Å². The van der Waals surface area contributed by atoms with Gasteiger partial charge in [0.15, 0.2) is 16.4 Å². The molecule has 0 radical (unpaired) electrons. The molecule has 0 unspecified atom stereocenters. The molecule has 1 atom stereocenters. The molecule has 2 aliphatic heterocycles. The molecule has 12 heteroatoms. The van der Waals surface area contributed by atoms with Crippen LogP contribution >= 0.6 is 11.6 Å². The third-order valence-electron chi connectivity index (χ3n) is 5.33. The molecule has 1 amide bonds. The van der Waals surface area contributed by atoms with Crippen molar-refractivity contribution >= 4 is 43.3 Å². The van der Waals surface area contributed by atoms with Crippen LogP contribution in [-0.4, -0.2) is 82.2 Å². The highest BCUT2D eigenvalue weighted by Crippen LogP contribution is 2.28. The van der Waals surface area contributed by atoms with Gasteiger partial charge in [0.25, 0.3) is 5.91 Å². The van der Waals surface area contributed by atoms with Crippen LogP contribution < -0.4 is 0 Å². The number of ether oxygens (including phenoxy) is 1. The van der Waals surface area contributed by atoms with Crippen molar-refractivity contribution in [3.63, 3.8) is 0 Å². The van der Waals surface area contributed by atoms with Crippen molar-refractivity contribution in [2.45, 2.75) is 30.2 Å². The third kappa shape index (κ3) is 4.96. The summed E-state index contributed by atoms with van der Waals surface area (Å²) in [6.07, 6.45) is 1.86. The van der Waals surface area contributed by atoms with Crippen molar-refractivity contribution in [1.82, 2.24) is 9.21 Å². The molecule has 0 spiro atoms. The van der Waals surface area contributed by atoms with Crippen LogP contribution in [0.4, 0.5) is 0 Å². The first-order valence-electron chi connectivity index (χ1n) is 9.44. The van der Waals surface area contributed by atoms with E-state index in [4.69, 9.17) is 16.3 Å². The molecule has 0 aromatic heterocycles. The van der Waals surface area contributed by atoms with Crippen molar-refractivity contribution < 1.29 is 31.2 Å². The Morgan fingerprint density at radius 2 is 1.93 bits per heavy atom. The third-order valence-corrected chi connectivity index (χ3v) is 9.46. The van der Waals surface area contributed by atoms with E-state index in [-0.39, 0.29) is 27.0 Å². The lowest BCUT2D eigenvalue weighted by molar-refractivity contribution is -0.134. The topological polar surface area (TPSA) is 118 Å². The van der Waals surface area contributed by atoms with Gasteiger partial charge in [0, 0.05) is 26.2 Å². The van der Waals surface area contributed by atoms with Crippen molar-refractivity contribution in [3.8, 4) is 0 Å². The number of hydrogen-bond donors (Lipinski definition) is 0. The fraction of sp³-hybridized carbons (Fsp3) is 0.556. The summed E-state index contributed by atoms with van der Waals surface area (Å²) in [5.74, 6) is -1.50. The molecule has 1 aromatic carbocycles. The number of hydrogen-bond acceptors (Lipinski definition) is 7. The molecule has 0 saturated carbocycles. The molecule has 0 aliphatic carbocycles. The number of rotatable bonds is 6. The number of carbonyl (C=O) groups is 2. The number of sulfonamides is 1. The Hall–Kier alpha value is -1.69. The molecule has 2 saturated heterocycles. The minimum atomic E-state index is -3.83. The normalized spacial score (nSPS) is 21.5. The first kappa shape index (κ1) is 23.0. The lowest BCUT2D eigenvalue weighted by Crippen LogP contribution is -2.40. The Bertz CT molecular complexity index is 1050. The number of carbonyl (C=O) groups excluding carboxylic acids is 2. The van der Waals surface area contributed by atoms with Gasteiger partial charge in [-0.05, 0) is 37.5 Å². The SMILES string of the molecule is CN(C(=O)COC(=O)c1ccc(Cl)c(S(=O)(=O)N2CCCC2)c1)[C@H]1CCS(=O)(=O)C1. The van der Waals surface area contributed by atoms with Crippen molar-refractivity contribution in [2.75, 3.05) is 38.2 Å². The zero-order chi connectivity index (χ0) is 22.1. The maximum absolute atomic E-state index is 12.8. The molecule has 0 bridgehead atoms. The zero-order valence-electron chi connectivity index (χ0n) is 16.4. The van der Waals surface area contributed by atoms with E-state index >= 15 is 0 Å². The Labute approximate surface area is 180 Å². The largest absolute Gasteiger partial charge is 0.452 e. The minimum Gasteiger partial charge on any atom is -0.452 e. The molecule has 166 valence electrons. The van der Waals surface area contributed by atoms with Crippen molar-refractivity contribution in [1.29, 1.82) is 0 Å². The number of benzene rings is 1. The molecule has 2 heterocycles. The van der Waals surface area contributed by atoms with Crippen molar-refractivity contribution in [2.24, 2.45) is 0 Å². The highest BCUT2D eigenvalue weighted by molar-refractivity contribution is 7.91. The average Bonchev–Trinajstić information content (AvgIpc) is 3.35. The van der Waals surface area contributed by atoms with Gasteiger partial charge in [-0.3, -0.25) is 4.79 Å². The second-order valence-electron chi connectivity index (χ2n) is 7.39. The lowest BCUT2D eigenvalue weighted by Gasteiger charge is -2.23. The Morgan fingerprint density at radius 3 is 2.53 bits per heavy atom. The summed E-state index contributed by atoms with van der Waals surface area (Å²) in [4.78, 5) is 25.7. The first-order valence-corrected chi connectivity index (χ1v) is 13.1. The summed E-state index contributed by atoms with van der Waals surface area (Å²) in [5, 5.41) is -0.00305. The van der Waals surface area contributed by atoms with Crippen LogP contribution in [0.5, 0.6) is 0 Å². The number of esters is 1. The molecule has 1 aromatic rings. The van der Waals surface area contributed by atoms with Crippen LogP contribution in [-0.2, 0) is 29.4 Å². The van der Waals surface area contributed by atoms with E-state index in [0.29, 0.717) is 19.5 Å². The van der Waals surface area contributed by atoms with Crippen molar-refractivity contribution in [3.05, 3.63) is 28.8 Å². The van der Waals surface area contributed by atoms with Gasteiger partial charge in [-0.1, -0.05) is 11.6 Å². The summed E-state index contributed by atoms with van der Waals surface area (Å²) >= 11 is 6.06. The minimum absolute atomic E-state index is 0.00305. The summed E-state index contributed by atoms with van der Waals surface area (Å²) in [7, 11) is -5.52. The van der Waals surface area contributed by atoms with Gasteiger partial charge >= 0.3 is 5.97 Å². The zero-order valence-corrected chi connectivity index (χ0v) is 18.8. The quantitative estimate of drug-likeness (QED) is 0.558. The maximum atomic E-state index is 12.8. The number of likely N-dealkylation sites (N-methyl/N-ethyl adjacent to an activating group) is 1. The van der Waals surface area contributed by atoms with Crippen LogP contribution in [0.15, 0.2) is 23.1 Å². The number of amides is 1. The van der Waals surface area contributed by atoms with Crippen LogP contribution in [0.25, 0.3) is 0 Å². The van der Waals surface area contributed by atoms with E-state index in [0.717, 1.165) is 18.9 Å². The molecule has 9 nitrogen and oxygen atoms in total. The monoisotopic (exact) mass is 478 g/mol. The van der Waals surface area contributed by atoms with Gasteiger partial charge in [0.1, 0.15) is 4.90 Å². The molecule has 2 fully saturated rings. The summed E-state index contributed by atoms with van der Waals surface area (Å²) in [6.45, 7) is 0.207. The standard InChI is InChI=1S/C18H23ClN2O7S2/c1-20(14-6-9-29(24,25)12-14)17(22)11-28-18(23)13-4-5-15(19)16(10-13)30(26,27)21-7-2-3-8-21/h4-5,10,14H,2-3,6-9,11-12H2,1H3/t14-/m0/s1. The fourth-order valence-corrected chi connectivity index (χ4v) is 7.28. The Morgan fingerprint density at radius 1 is 1.27 bits per heavy atom. The molecule has 30 heavy (non-hydrogen) atoms. The smallest absolute Gasteiger partial charge is 0.338 e. The highest BCUT2D eigenvalue weighted by Gasteiger charge is 2.33.